The first-order chi connectivity index (χ1) is 9.74. The standard InChI is InChI=1S/C16H12BrFN2/c17-15-8-3-11(16-14(15)2-1-9-19-16)10-20-13-6-4-12(18)5-7-13/h1-9,20H,10H2. The highest BCUT2D eigenvalue weighted by Gasteiger charge is 2.05. The Bertz CT molecular complexity index is 741. The molecule has 2 nitrogen and oxygen atoms in total. The van der Waals surface area contributed by atoms with Crippen LogP contribution in [0.5, 0.6) is 0 Å². The number of hydrogen-bond acceptors (Lipinski definition) is 2. The van der Waals surface area contributed by atoms with Gasteiger partial charge in [0.05, 0.1) is 5.52 Å². The summed E-state index contributed by atoms with van der Waals surface area (Å²) in [7, 11) is 0. The Morgan fingerprint density at radius 3 is 2.65 bits per heavy atom. The fraction of sp³-hybridized carbons (Fsp3) is 0.0625. The molecule has 0 spiro atoms. The molecule has 0 atom stereocenters. The van der Waals surface area contributed by atoms with Crippen LogP contribution in [0.2, 0.25) is 0 Å². The molecule has 4 heteroatoms. The van der Waals surface area contributed by atoms with Crippen molar-refractivity contribution in [1.29, 1.82) is 0 Å². The van der Waals surface area contributed by atoms with Gasteiger partial charge in [-0.25, -0.2) is 4.39 Å². The third-order valence-electron chi connectivity index (χ3n) is 3.13. The summed E-state index contributed by atoms with van der Waals surface area (Å²) in [5, 5.41) is 4.37. The first-order valence-electron chi connectivity index (χ1n) is 6.25. The second-order valence-corrected chi connectivity index (χ2v) is 5.32. The van der Waals surface area contributed by atoms with Gasteiger partial charge in [-0.1, -0.05) is 28.1 Å². The fourth-order valence-corrected chi connectivity index (χ4v) is 2.56. The van der Waals surface area contributed by atoms with Gasteiger partial charge in [-0.2, -0.15) is 0 Å². The number of anilines is 1. The minimum Gasteiger partial charge on any atom is -0.381 e. The highest BCUT2D eigenvalue weighted by Crippen LogP contribution is 2.25. The third-order valence-corrected chi connectivity index (χ3v) is 3.82. The Balaban J connectivity index is 1.88. The molecule has 0 saturated carbocycles. The monoisotopic (exact) mass is 330 g/mol. The first-order valence-corrected chi connectivity index (χ1v) is 7.05. The van der Waals surface area contributed by atoms with E-state index in [2.05, 4.69) is 26.2 Å². The molecule has 0 aliphatic heterocycles. The van der Waals surface area contributed by atoms with Crippen molar-refractivity contribution < 1.29 is 4.39 Å². The van der Waals surface area contributed by atoms with E-state index in [-0.39, 0.29) is 5.82 Å². The summed E-state index contributed by atoms with van der Waals surface area (Å²) >= 11 is 3.53. The van der Waals surface area contributed by atoms with Gasteiger partial charge in [0.2, 0.25) is 0 Å². The summed E-state index contributed by atoms with van der Waals surface area (Å²) in [5.74, 6) is -0.230. The van der Waals surface area contributed by atoms with Crippen LogP contribution in [0.3, 0.4) is 0 Å². The summed E-state index contributed by atoms with van der Waals surface area (Å²) in [6.45, 7) is 0.645. The largest absolute Gasteiger partial charge is 0.381 e. The van der Waals surface area contributed by atoms with Crippen LogP contribution in [0.4, 0.5) is 10.1 Å². The van der Waals surface area contributed by atoms with Crippen molar-refractivity contribution in [2.45, 2.75) is 6.54 Å². The lowest BCUT2D eigenvalue weighted by Crippen LogP contribution is -2.01. The van der Waals surface area contributed by atoms with Crippen molar-refractivity contribution in [1.82, 2.24) is 4.98 Å². The van der Waals surface area contributed by atoms with Gasteiger partial charge >= 0.3 is 0 Å². The maximum Gasteiger partial charge on any atom is 0.123 e. The summed E-state index contributed by atoms with van der Waals surface area (Å²) in [4.78, 5) is 4.44. The Labute approximate surface area is 124 Å². The molecular formula is C16H12BrFN2. The average Bonchev–Trinajstić information content (AvgIpc) is 2.49. The Morgan fingerprint density at radius 1 is 1.05 bits per heavy atom. The average molecular weight is 331 g/mol. The van der Waals surface area contributed by atoms with E-state index in [1.807, 2.05) is 24.3 Å². The number of fused-ring (bicyclic) bond motifs is 1. The molecule has 0 amide bonds. The second kappa shape index (κ2) is 5.59. The molecule has 1 heterocycles. The number of rotatable bonds is 3. The van der Waals surface area contributed by atoms with E-state index in [4.69, 9.17) is 0 Å². The molecule has 100 valence electrons. The summed E-state index contributed by atoms with van der Waals surface area (Å²) in [6.07, 6.45) is 1.79. The molecule has 20 heavy (non-hydrogen) atoms. The van der Waals surface area contributed by atoms with Crippen LogP contribution in [0.15, 0.2) is 59.2 Å². The van der Waals surface area contributed by atoms with Gasteiger partial charge in [0.1, 0.15) is 5.82 Å². The predicted molar refractivity (Wildman–Crippen MR) is 83.2 cm³/mol. The lowest BCUT2D eigenvalue weighted by molar-refractivity contribution is 0.628. The van der Waals surface area contributed by atoms with E-state index in [1.165, 1.54) is 12.1 Å². The van der Waals surface area contributed by atoms with Crippen molar-refractivity contribution in [3.63, 3.8) is 0 Å². The molecule has 2 aromatic carbocycles. The topological polar surface area (TPSA) is 24.9 Å². The van der Waals surface area contributed by atoms with Crippen LogP contribution in [-0.4, -0.2) is 4.98 Å². The number of pyridine rings is 1. The van der Waals surface area contributed by atoms with Crippen LogP contribution in [0.25, 0.3) is 10.9 Å². The van der Waals surface area contributed by atoms with E-state index < -0.39 is 0 Å². The first kappa shape index (κ1) is 13.1. The number of aromatic nitrogens is 1. The van der Waals surface area contributed by atoms with Gasteiger partial charge in [-0.15, -0.1) is 0 Å². The summed E-state index contributed by atoms with van der Waals surface area (Å²) < 4.78 is 13.9. The molecule has 1 N–H and O–H groups in total. The van der Waals surface area contributed by atoms with Gasteiger partial charge < -0.3 is 5.32 Å². The van der Waals surface area contributed by atoms with Gasteiger partial charge in [-0.3, -0.25) is 4.98 Å². The van der Waals surface area contributed by atoms with Crippen molar-refractivity contribution in [2.75, 3.05) is 5.32 Å². The van der Waals surface area contributed by atoms with Crippen molar-refractivity contribution >= 4 is 32.5 Å². The van der Waals surface area contributed by atoms with Gasteiger partial charge in [0.25, 0.3) is 0 Å². The molecular weight excluding hydrogens is 319 g/mol. The molecule has 0 radical (unpaired) electrons. The lowest BCUT2D eigenvalue weighted by Gasteiger charge is -2.09. The van der Waals surface area contributed by atoms with Crippen LogP contribution in [0.1, 0.15) is 5.56 Å². The molecule has 1 aromatic heterocycles. The smallest absolute Gasteiger partial charge is 0.123 e. The van der Waals surface area contributed by atoms with E-state index in [0.29, 0.717) is 6.54 Å². The molecule has 0 aliphatic rings. The number of halogens is 2. The molecule has 3 rings (SSSR count). The molecule has 0 bridgehead atoms. The van der Waals surface area contributed by atoms with Crippen LogP contribution >= 0.6 is 15.9 Å². The van der Waals surface area contributed by atoms with E-state index in [1.54, 1.807) is 18.3 Å². The zero-order valence-corrected chi connectivity index (χ0v) is 12.2. The van der Waals surface area contributed by atoms with Crippen molar-refractivity contribution in [3.05, 3.63) is 70.6 Å². The molecule has 0 aliphatic carbocycles. The summed E-state index contributed by atoms with van der Waals surface area (Å²) in [5.41, 5.74) is 2.96. The Morgan fingerprint density at radius 2 is 1.85 bits per heavy atom. The highest BCUT2D eigenvalue weighted by atomic mass is 79.9. The van der Waals surface area contributed by atoms with Crippen molar-refractivity contribution in [2.24, 2.45) is 0 Å². The fourth-order valence-electron chi connectivity index (χ4n) is 2.10. The number of nitrogens with zero attached hydrogens (tertiary/aromatic N) is 1. The number of hydrogen-bond donors (Lipinski definition) is 1. The maximum absolute atomic E-state index is 12.9. The van der Waals surface area contributed by atoms with Crippen LogP contribution < -0.4 is 5.32 Å². The Hall–Kier alpha value is -1.94. The van der Waals surface area contributed by atoms with Gasteiger partial charge in [0.15, 0.2) is 0 Å². The second-order valence-electron chi connectivity index (χ2n) is 4.47. The number of benzene rings is 2. The molecule has 3 aromatic rings. The normalized spacial score (nSPS) is 10.7. The molecule has 0 fully saturated rings. The minimum atomic E-state index is -0.230. The quantitative estimate of drug-likeness (QED) is 0.749. The van der Waals surface area contributed by atoms with Crippen molar-refractivity contribution in [3.8, 4) is 0 Å². The SMILES string of the molecule is Fc1ccc(NCc2ccc(Br)c3cccnc23)cc1. The lowest BCUT2D eigenvalue weighted by atomic mass is 10.1. The van der Waals surface area contributed by atoms with Gasteiger partial charge in [-0.05, 0) is 42.0 Å². The minimum absolute atomic E-state index is 0.230. The van der Waals surface area contributed by atoms with Gasteiger partial charge in [0, 0.05) is 28.3 Å². The van der Waals surface area contributed by atoms with E-state index >= 15 is 0 Å². The number of nitrogens with one attached hydrogen (secondary N) is 1. The molecule has 0 saturated heterocycles. The highest BCUT2D eigenvalue weighted by molar-refractivity contribution is 9.10. The Kier molecular flexibility index (Phi) is 3.65. The zero-order chi connectivity index (χ0) is 13.9. The van der Waals surface area contributed by atoms with Crippen LogP contribution in [-0.2, 0) is 6.54 Å². The van der Waals surface area contributed by atoms with E-state index in [9.17, 15) is 4.39 Å². The van der Waals surface area contributed by atoms with Crippen LogP contribution in [0, 0.1) is 5.82 Å². The zero-order valence-electron chi connectivity index (χ0n) is 10.6. The van der Waals surface area contributed by atoms with E-state index in [0.717, 1.165) is 26.6 Å². The third kappa shape index (κ3) is 2.65. The molecule has 0 unspecified atom stereocenters. The predicted octanol–water partition coefficient (Wildman–Crippen LogP) is 4.75. The summed E-state index contributed by atoms with van der Waals surface area (Å²) in [6, 6.07) is 14.4. The maximum atomic E-state index is 12.9.